The Balaban J connectivity index is 1.64. The van der Waals surface area contributed by atoms with Crippen molar-refractivity contribution >= 4 is 45.9 Å². The van der Waals surface area contributed by atoms with Gasteiger partial charge in [-0.05, 0) is 82.2 Å². The van der Waals surface area contributed by atoms with Crippen molar-refractivity contribution in [3.05, 3.63) is 109 Å². The van der Waals surface area contributed by atoms with Crippen LogP contribution in [0.2, 0.25) is 0 Å². The molecule has 0 fully saturated rings. The van der Waals surface area contributed by atoms with Gasteiger partial charge < -0.3 is 0 Å². The Bertz CT molecular complexity index is 1080. The van der Waals surface area contributed by atoms with Crippen LogP contribution < -0.4 is 0 Å². The van der Waals surface area contributed by atoms with Crippen molar-refractivity contribution in [2.45, 2.75) is 9.79 Å². The van der Waals surface area contributed by atoms with Crippen LogP contribution in [0.3, 0.4) is 0 Å². The van der Waals surface area contributed by atoms with E-state index in [1.54, 1.807) is 0 Å². The Labute approximate surface area is 185 Å². The fraction of sp³-hybridized carbons (Fsp3) is 0. The summed E-state index contributed by atoms with van der Waals surface area (Å²) in [5.41, 5.74) is 4.38. The largest absolute Gasteiger partial charge is 0.282 e. The lowest BCUT2D eigenvalue weighted by atomic mass is 10.0. The van der Waals surface area contributed by atoms with Gasteiger partial charge in [-0.25, -0.2) is 0 Å². The molecule has 0 aromatic heterocycles. The normalized spacial score (nSPS) is 10.7. The zero-order valence-corrected chi connectivity index (χ0v) is 17.9. The number of rotatable bonds is 7. The van der Waals surface area contributed by atoms with Gasteiger partial charge in [0.1, 0.15) is 0 Å². The predicted octanol–water partition coefficient (Wildman–Crippen LogP) is 7.13. The third-order valence-electron chi connectivity index (χ3n) is 4.22. The highest BCUT2D eigenvalue weighted by molar-refractivity contribution is 8.14. The number of hydrogen-bond acceptors (Lipinski definition) is 4. The molecule has 0 amide bonds. The van der Waals surface area contributed by atoms with Gasteiger partial charge in [0.05, 0.1) is 0 Å². The SMILES string of the molecule is C=CC(=O)Sc1ccc(/C=C/c2ccc(-c3ccc(SC(=O)C=C)cc3)cc2)cc1. The minimum Gasteiger partial charge on any atom is -0.282 e. The van der Waals surface area contributed by atoms with E-state index in [4.69, 9.17) is 0 Å². The van der Waals surface area contributed by atoms with Crippen LogP contribution >= 0.6 is 23.5 Å². The molecule has 4 heteroatoms. The first kappa shape index (κ1) is 21.6. The number of carbonyl (C=O) groups is 2. The molecule has 0 radical (unpaired) electrons. The van der Waals surface area contributed by atoms with Gasteiger partial charge in [-0.15, -0.1) is 0 Å². The van der Waals surface area contributed by atoms with Gasteiger partial charge in [-0.3, -0.25) is 9.59 Å². The molecule has 0 aliphatic rings. The Morgan fingerprint density at radius 2 is 0.900 bits per heavy atom. The lowest BCUT2D eigenvalue weighted by molar-refractivity contribution is -0.107. The predicted molar refractivity (Wildman–Crippen MR) is 129 cm³/mol. The van der Waals surface area contributed by atoms with E-state index < -0.39 is 0 Å². The van der Waals surface area contributed by atoms with Gasteiger partial charge >= 0.3 is 0 Å². The average molecular weight is 429 g/mol. The molecular weight excluding hydrogens is 408 g/mol. The van der Waals surface area contributed by atoms with Crippen molar-refractivity contribution < 1.29 is 9.59 Å². The minimum absolute atomic E-state index is 0.0578. The molecule has 0 spiro atoms. The zero-order valence-electron chi connectivity index (χ0n) is 16.3. The van der Waals surface area contributed by atoms with E-state index in [9.17, 15) is 9.59 Å². The van der Waals surface area contributed by atoms with E-state index in [2.05, 4.69) is 43.5 Å². The molecule has 0 heterocycles. The summed E-state index contributed by atoms with van der Waals surface area (Å²) < 4.78 is 0. The Hall–Kier alpha value is -3.08. The van der Waals surface area contributed by atoms with Gasteiger partial charge in [-0.2, -0.15) is 0 Å². The summed E-state index contributed by atoms with van der Waals surface area (Å²) in [5, 5.41) is -0.116. The molecule has 0 atom stereocenters. The van der Waals surface area contributed by atoms with Crippen LogP contribution in [0.1, 0.15) is 11.1 Å². The highest BCUT2D eigenvalue weighted by Gasteiger charge is 2.02. The lowest BCUT2D eigenvalue weighted by Crippen LogP contribution is -1.84. The maximum atomic E-state index is 11.4. The second-order valence-electron chi connectivity index (χ2n) is 6.30. The molecule has 3 aromatic rings. The highest BCUT2D eigenvalue weighted by Crippen LogP contribution is 2.26. The second-order valence-corrected chi connectivity index (χ2v) is 8.45. The summed E-state index contributed by atoms with van der Waals surface area (Å²) >= 11 is 2.34. The maximum absolute atomic E-state index is 11.4. The molecule has 0 saturated heterocycles. The third-order valence-corrected chi connectivity index (χ3v) is 5.97. The molecule has 3 aromatic carbocycles. The average Bonchev–Trinajstić information content (AvgIpc) is 2.79. The van der Waals surface area contributed by atoms with E-state index in [1.165, 1.54) is 35.7 Å². The van der Waals surface area contributed by atoms with Gasteiger partial charge in [0.2, 0.25) is 10.2 Å². The van der Waals surface area contributed by atoms with Crippen LogP contribution in [-0.4, -0.2) is 10.2 Å². The molecule has 0 unspecified atom stereocenters. The molecule has 0 aliphatic heterocycles. The van der Waals surface area contributed by atoms with Crippen molar-refractivity contribution in [3.8, 4) is 11.1 Å². The van der Waals surface area contributed by atoms with Gasteiger partial charge in [-0.1, -0.05) is 73.8 Å². The topological polar surface area (TPSA) is 34.1 Å². The molecule has 0 bridgehead atoms. The monoisotopic (exact) mass is 428 g/mol. The number of benzene rings is 3. The molecule has 30 heavy (non-hydrogen) atoms. The fourth-order valence-electron chi connectivity index (χ4n) is 2.66. The molecule has 0 aliphatic carbocycles. The molecular formula is C26H20O2S2. The lowest BCUT2D eigenvalue weighted by Gasteiger charge is -2.04. The van der Waals surface area contributed by atoms with Gasteiger partial charge in [0, 0.05) is 9.79 Å². The van der Waals surface area contributed by atoms with Crippen LogP contribution in [0.25, 0.3) is 23.3 Å². The summed E-state index contributed by atoms with van der Waals surface area (Å²) in [6, 6.07) is 24.1. The minimum atomic E-state index is -0.0583. The standard InChI is InChI=1S/C26H20O2S2/c1-3-25(27)29-23-15-9-20(10-16-23)6-5-19-7-11-21(12-8-19)22-13-17-24(18-14-22)30-26(28)4-2/h3-18H,1-2H2/b6-5+. The Morgan fingerprint density at radius 1 is 0.567 bits per heavy atom. The molecule has 0 saturated carbocycles. The quantitative estimate of drug-likeness (QED) is 0.228. The Kier molecular flexibility index (Phi) is 7.66. The van der Waals surface area contributed by atoms with Crippen LogP contribution in [-0.2, 0) is 9.59 Å². The first-order valence-electron chi connectivity index (χ1n) is 9.24. The van der Waals surface area contributed by atoms with Crippen LogP contribution in [0.4, 0.5) is 0 Å². The van der Waals surface area contributed by atoms with E-state index in [0.717, 1.165) is 32.0 Å². The third kappa shape index (κ3) is 6.21. The van der Waals surface area contributed by atoms with Crippen LogP contribution in [0, 0.1) is 0 Å². The number of hydrogen-bond donors (Lipinski definition) is 0. The fourth-order valence-corrected chi connectivity index (χ4v) is 3.83. The number of thioether (sulfide) groups is 2. The van der Waals surface area contributed by atoms with Crippen LogP contribution in [0.5, 0.6) is 0 Å². The summed E-state index contributed by atoms with van der Waals surface area (Å²) in [4.78, 5) is 24.6. The maximum Gasteiger partial charge on any atom is 0.216 e. The summed E-state index contributed by atoms with van der Waals surface area (Å²) in [7, 11) is 0. The van der Waals surface area contributed by atoms with Crippen molar-refractivity contribution in [1.29, 1.82) is 0 Å². The molecule has 2 nitrogen and oxygen atoms in total. The molecule has 3 rings (SSSR count). The summed E-state index contributed by atoms with van der Waals surface area (Å²) in [5.74, 6) is 0. The van der Waals surface area contributed by atoms with E-state index >= 15 is 0 Å². The second kappa shape index (κ2) is 10.6. The summed E-state index contributed by atoms with van der Waals surface area (Å²) in [6.07, 6.45) is 6.74. The zero-order chi connectivity index (χ0) is 21.3. The smallest absolute Gasteiger partial charge is 0.216 e. The van der Waals surface area contributed by atoms with Crippen molar-refractivity contribution in [2.75, 3.05) is 0 Å². The van der Waals surface area contributed by atoms with Crippen molar-refractivity contribution in [1.82, 2.24) is 0 Å². The van der Waals surface area contributed by atoms with E-state index in [0.29, 0.717) is 0 Å². The Morgan fingerprint density at radius 3 is 1.30 bits per heavy atom. The van der Waals surface area contributed by atoms with Gasteiger partial charge in [0.15, 0.2) is 0 Å². The van der Waals surface area contributed by atoms with Crippen molar-refractivity contribution in [2.24, 2.45) is 0 Å². The van der Waals surface area contributed by atoms with Crippen LogP contribution in [0.15, 0.2) is 108 Å². The van der Waals surface area contributed by atoms with Gasteiger partial charge in [0.25, 0.3) is 0 Å². The summed E-state index contributed by atoms with van der Waals surface area (Å²) in [6.45, 7) is 6.97. The highest BCUT2D eigenvalue weighted by atomic mass is 32.2. The number of carbonyl (C=O) groups excluding carboxylic acids is 2. The first-order valence-corrected chi connectivity index (χ1v) is 10.9. The molecule has 148 valence electrons. The van der Waals surface area contributed by atoms with E-state index in [-0.39, 0.29) is 10.2 Å². The van der Waals surface area contributed by atoms with E-state index in [1.807, 2.05) is 54.6 Å². The molecule has 0 N–H and O–H groups in total. The van der Waals surface area contributed by atoms with Crippen molar-refractivity contribution in [3.63, 3.8) is 0 Å². The first-order chi connectivity index (χ1) is 14.6.